The van der Waals surface area contributed by atoms with Gasteiger partial charge in [0.05, 0.1) is 16.0 Å². The van der Waals surface area contributed by atoms with Crippen LogP contribution in [0.1, 0.15) is 6.92 Å². The molecule has 1 N–H and O–H groups in total. The van der Waals surface area contributed by atoms with E-state index in [4.69, 9.17) is 32.6 Å². The Morgan fingerprint density at radius 3 is 2.59 bits per heavy atom. The van der Waals surface area contributed by atoms with Crippen LogP contribution in [-0.2, 0) is 6.54 Å². The lowest BCUT2D eigenvalue weighted by Gasteiger charge is -2.27. The van der Waals surface area contributed by atoms with Crippen molar-refractivity contribution in [3.8, 4) is 22.9 Å². The zero-order chi connectivity index (χ0) is 22.2. The van der Waals surface area contributed by atoms with E-state index in [9.17, 15) is 4.79 Å². The van der Waals surface area contributed by atoms with Gasteiger partial charge in [-0.15, -0.1) is 10.2 Å². The van der Waals surface area contributed by atoms with E-state index in [2.05, 4.69) is 25.4 Å². The highest BCUT2D eigenvalue weighted by molar-refractivity contribution is 6.36. The number of nitrogens with one attached hydrogen (secondary N) is 1. The average molecular weight is 472 g/mol. The zero-order valence-corrected chi connectivity index (χ0v) is 18.7. The van der Waals surface area contributed by atoms with E-state index in [1.807, 2.05) is 11.5 Å². The molecule has 4 aromatic rings. The third-order valence-electron chi connectivity index (χ3n) is 5.36. The molecule has 1 saturated heterocycles. The number of nitrogens with zero attached hydrogens (tertiary/aromatic N) is 6. The maximum atomic E-state index is 13.3. The minimum atomic E-state index is -0.269. The number of benzene rings is 1. The predicted octanol–water partition coefficient (Wildman–Crippen LogP) is 3.24. The summed E-state index contributed by atoms with van der Waals surface area (Å²) < 4.78 is 7.69. The Kier molecular flexibility index (Phi) is 5.54. The molecule has 9 nitrogen and oxygen atoms in total. The van der Waals surface area contributed by atoms with Gasteiger partial charge in [0.25, 0.3) is 5.89 Å². The number of piperazine rings is 1. The molecule has 0 amide bonds. The minimum absolute atomic E-state index is 0.103. The predicted molar refractivity (Wildman–Crippen MR) is 123 cm³/mol. The topological polar surface area (TPSA) is 102 Å². The average Bonchev–Trinajstić information content (AvgIpc) is 3.29. The van der Waals surface area contributed by atoms with Gasteiger partial charge < -0.3 is 19.2 Å². The standard InChI is InChI=1S/C21H19Cl2N7O2/c1-2-29-11-15(20-28-27-19(32-20)13-4-3-12(22)9-16(13)23)17(31)14-10-25-21(26-18(14)29)30-7-5-24-6-8-30/h3-4,9-11,24H,2,5-8H2,1H3. The lowest BCUT2D eigenvalue weighted by atomic mass is 10.2. The lowest BCUT2D eigenvalue weighted by Crippen LogP contribution is -2.44. The van der Waals surface area contributed by atoms with Gasteiger partial charge in [-0.2, -0.15) is 4.98 Å². The number of fused-ring (bicyclic) bond motifs is 1. The van der Waals surface area contributed by atoms with Crippen molar-refractivity contribution in [3.63, 3.8) is 0 Å². The molecule has 5 rings (SSSR count). The number of hydrogen-bond donors (Lipinski definition) is 1. The van der Waals surface area contributed by atoms with Crippen molar-refractivity contribution in [2.24, 2.45) is 0 Å². The lowest BCUT2D eigenvalue weighted by molar-refractivity contribution is 0.579. The van der Waals surface area contributed by atoms with Crippen molar-refractivity contribution in [2.45, 2.75) is 13.5 Å². The van der Waals surface area contributed by atoms with Crippen molar-refractivity contribution in [1.82, 2.24) is 30.0 Å². The number of aryl methyl sites for hydroxylation is 1. The van der Waals surface area contributed by atoms with Crippen LogP contribution in [0, 0.1) is 0 Å². The Balaban J connectivity index is 1.58. The summed E-state index contributed by atoms with van der Waals surface area (Å²) in [5.41, 5.74) is 1.12. The molecule has 1 aliphatic rings. The van der Waals surface area contributed by atoms with Gasteiger partial charge in [-0.05, 0) is 25.1 Å². The second-order valence-electron chi connectivity index (χ2n) is 7.34. The van der Waals surface area contributed by atoms with Crippen LogP contribution in [0.15, 0.2) is 39.8 Å². The molecule has 0 bridgehead atoms. The largest absolute Gasteiger partial charge is 0.416 e. The Hall–Kier alpha value is -3.01. The van der Waals surface area contributed by atoms with Crippen LogP contribution in [0.3, 0.4) is 0 Å². The van der Waals surface area contributed by atoms with Crippen LogP contribution in [0.4, 0.5) is 5.95 Å². The van der Waals surface area contributed by atoms with Gasteiger partial charge in [0.2, 0.25) is 17.3 Å². The fourth-order valence-corrected chi connectivity index (χ4v) is 4.17. The van der Waals surface area contributed by atoms with E-state index in [-0.39, 0.29) is 22.8 Å². The van der Waals surface area contributed by atoms with Gasteiger partial charge in [-0.3, -0.25) is 4.79 Å². The van der Waals surface area contributed by atoms with Crippen molar-refractivity contribution >= 4 is 40.2 Å². The van der Waals surface area contributed by atoms with Crippen LogP contribution < -0.4 is 15.6 Å². The van der Waals surface area contributed by atoms with Gasteiger partial charge in [0.1, 0.15) is 11.2 Å². The summed E-state index contributed by atoms with van der Waals surface area (Å²) in [6.07, 6.45) is 3.27. The number of rotatable bonds is 4. The Morgan fingerprint density at radius 2 is 1.88 bits per heavy atom. The first-order valence-corrected chi connectivity index (χ1v) is 11.0. The minimum Gasteiger partial charge on any atom is -0.416 e. The van der Waals surface area contributed by atoms with Gasteiger partial charge in [0.15, 0.2) is 0 Å². The highest BCUT2D eigenvalue weighted by Crippen LogP contribution is 2.31. The first-order chi connectivity index (χ1) is 15.5. The summed E-state index contributed by atoms with van der Waals surface area (Å²) >= 11 is 12.2. The third-order valence-corrected chi connectivity index (χ3v) is 5.91. The molecule has 32 heavy (non-hydrogen) atoms. The number of aromatic nitrogens is 5. The summed E-state index contributed by atoms with van der Waals surface area (Å²) in [5, 5.41) is 12.7. The summed E-state index contributed by atoms with van der Waals surface area (Å²) in [5.74, 6) is 0.923. The first kappa shape index (κ1) is 20.9. The zero-order valence-electron chi connectivity index (χ0n) is 17.2. The molecule has 1 aromatic carbocycles. The number of pyridine rings is 1. The van der Waals surface area contributed by atoms with E-state index in [0.29, 0.717) is 39.1 Å². The van der Waals surface area contributed by atoms with Crippen molar-refractivity contribution in [2.75, 3.05) is 31.1 Å². The van der Waals surface area contributed by atoms with Crippen LogP contribution in [0.25, 0.3) is 33.9 Å². The van der Waals surface area contributed by atoms with Gasteiger partial charge in [-0.25, -0.2) is 4.98 Å². The normalized spacial score (nSPS) is 14.3. The van der Waals surface area contributed by atoms with Crippen molar-refractivity contribution in [3.05, 3.63) is 50.9 Å². The molecule has 0 unspecified atom stereocenters. The van der Waals surface area contributed by atoms with Gasteiger partial charge in [-0.1, -0.05) is 23.2 Å². The molecule has 164 valence electrons. The molecule has 4 heterocycles. The molecule has 11 heteroatoms. The Morgan fingerprint density at radius 1 is 1.12 bits per heavy atom. The van der Waals surface area contributed by atoms with Crippen LogP contribution in [0.2, 0.25) is 10.0 Å². The molecule has 1 aliphatic heterocycles. The second kappa shape index (κ2) is 8.50. The van der Waals surface area contributed by atoms with Crippen molar-refractivity contribution in [1.29, 1.82) is 0 Å². The third kappa shape index (κ3) is 3.72. The fraction of sp³-hybridized carbons (Fsp3) is 0.286. The van der Waals surface area contributed by atoms with E-state index >= 15 is 0 Å². The molecule has 0 saturated carbocycles. The highest BCUT2D eigenvalue weighted by atomic mass is 35.5. The maximum Gasteiger partial charge on any atom is 0.253 e. The van der Waals surface area contributed by atoms with E-state index in [1.165, 1.54) is 0 Å². The summed E-state index contributed by atoms with van der Waals surface area (Å²) in [6, 6.07) is 4.97. The number of hydrogen-bond acceptors (Lipinski definition) is 8. The Labute approximate surface area is 193 Å². The Bertz CT molecular complexity index is 1360. The van der Waals surface area contributed by atoms with E-state index in [0.717, 1.165) is 26.2 Å². The van der Waals surface area contributed by atoms with Crippen LogP contribution in [-0.4, -0.2) is 50.9 Å². The summed E-state index contributed by atoms with van der Waals surface area (Å²) in [4.78, 5) is 24.5. The smallest absolute Gasteiger partial charge is 0.253 e. The van der Waals surface area contributed by atoms with Crippen LogP contribution >= 0.6 is 23.2 Å². The molecule has 0 spiro atoms. The molecular formula is C21H19Cl2N7O2. The molecular weight excluding hydrogens is 453 g/mol. The summed E-state index contributed by atoms with van der Waals surface area (Å²) in [7, 11) is 0. The van der Waals surface area contributed by atoms with Crippen molar-refractivity contribution < 1.29 is 4.42 Å². The highest BCUT2D eigenvalue weighted by Gasteiger charge is 2.20. The monoisotopic (exact) mass is 471 g/mol. The molecule has 0 atom stereocenters. The number of halogens is 2. The van der Waals surface area contributed by atoms with Crippen LogP contribution in [0.5, 0.6) is 0 Å². The second-order valence-corrected chi connectivity index (χ2v) is 8.18. The molecule has 1 fully saturated rings. The maximum absolute atomic E-state index is 13.3. The molecule has 3 aromatic heterocycles. The summed E-state index contributed by atoms with van der Waals surface area (Å²) in [6.45, 7) is 5.96. The molecule has 0 radical (unpaired) electrons. The van der Waals surface area contributed by atoms with E-state index < -0.39 is 0 Å². The number of anilines is 1. The first-order valence-electron chi connectivity index (χ1n) is 10.2. The SMILES string of the molecule is CCn1cc(-c2nnc(-c3ccc(Cl)cc3Cl)o2)c(=O)c2cnc(N3CCNCC3)nc21. The van der Waals surface area contributed by atoms with E-state index in [1.54, 1.807) is 30.6 Å². The van der Waals surface area contributed by atoms with Gasteiger partial charge >= 0.3 is 0 Å². The van der Waals surface area contributed by atoms with Gasteiger partial charge in [0, 0.05) is 50.1 Å². The fourth-order valence-electron chi connectivity index (χ4n) is 3.68. The molecule has 0 aliphatic carbocycles. The quantitative estimate of drug-likeness (QED) is 0.483.